The van der Waals surface area contributed by atoms with Crippen LogP contribution in [-0.2, 0) is 22.9 Å². The number of nitrogens with one attached hydrogen (secondary N) is 1. The Morgan fingerprint density at radius 1 is 1.17 bits per heavy atom. The molecule has 3 rings (SSSR count). The maximum absolute atomic E-state index is 11.8. The third-order valence-electron chi connectivity index (χ3n) is 4.95. The SMILES string of the molecule is C[C@H](Nc1ncnc2c1CCN(S(C)(=O)=O)CC2)C1=CCCCC1. The highest BCUT2D eigenvalue weighted by Gasteiger charge is 2.24. The molecule has 2 heterocycles. The van der Waals surface area contributed by atoms with Gasteiger partial charge in [-0.3, -0.25) is 0 Å². The molecular formula is C17H26N4O2S. The van der Waals surface area contributed by atoms with E-state index < -0.39 is 10.0 Å². The fourth-order valence-electron chi connectivity index (χ4n) is 3.52. The van der Waals surface area contributed by atoms with Crippen LogP contribution >= 0.6 is 0 Å². The van der Waals surface area contributed by atoms with Crippen LogP contribution in [0.5, 0.6) is 0 Å². The molecule has 0 spiro atoms. The fourth-order valence-corrected chi connectivity index (χ4v) is 4.36. The number of allylic oxidation sites excluding steroid dienone is 1. The van der Waals surface area contributed by atoms with Crippen molar-refractivity contribution in [3.8, 4) is 0 Å². The molecule has 1 aromatic heterocycles. The van der Waals surface area contributed by atoms with Crippen LogP contribution in [0.4, 0.5) is 5.82 Å². The molecule has 0 bridgehead atoms. The Balaban J connectivity index is 1.79. The van der Waals surface area contributed by atoms with E-state index in [1.807, 2.05) is 0 Å². The first kappa shape index (κ1) is 17.4. The molecule has 7 heteroatoms. The molecule has 1 N–H and O–H groups in total. The molecule has 132 valence electrons. The van der Waals surface area contributed by atoms with Crippen molar-refractivity contribution in [1.29, 1.82) is 0 Å². The Bertz CT molecular complexity index is 730. The molecule has 24 heavy (non-hydrogen) atoms. The lowest BCUT2D eigenvalue weighted by molar-refractivity contribution is 0.430. The zero-order chi connectivity index (χ0) is 17.2. The number of hydrogen-bond acceptors (Lipinski definition) is 5. The van der Waals surface area contributed by atoms with E-state index in [1.165, 1.54) is 29.0 Å². The van der Waals surface area contributed by atoms with Gasteiger partial charge in [-0.25, -0.2) is 22.7 Å². The lowest BCUT2D eigenvalue weighted by Crippen LogP contribution is -2.32. The van der Waals surface area contributed by atoms with E-state index in [-0.39, 0.29) is 6.04 Å². The summed E-state index contributed by atoms with van der Waals surface area (Å²) in [6.45, 7) is 3.15. The normalized spacial score (nSPS) is 20.7. The highest BCUT2D eigenvalue weighted by Crippen LogP contribution is 2.25. The molecule has 0 saturated heterocycles. The van der Waals surface area contributed by atoms with E-state index in [0.717, 1.165) is 29.9 Å². The summed E-state index contributed by atoms with van der Waals surface area (Å²) in [7, 11) is -3.16. The smallest absolute Gasteiger partial charge is 0.211 e. The van der Waals surface area contributed by atoms with Gasteiger partial charge in [-0.15, -0.1) is 0 Å². The largest absolute Gasteiger partial charge is 0.364 e. The highest BCUT2D eigenvalue weighted by atomic mass is 32.2. The Morgan fingerprint density at radius 3 is 2.67 bits per heavy atom. The van der Waals surface area contributed by atoms with E-state index in [4.69, 9.17) is 0 Å². The number of rotatable bonds is 4. The molecule has 1 atom stereocenters. The summed E-state index contributed by atoms with van der Waals surface area (Å²) in [5.74, 6) is 0.856. The summed E-state index contributed by atoms with van der Waals surface area (Å²) in [6.07, 6.45) is 11.3. The van der Waals surface area contributed by atoms with Gasteiger partial charge in [0.05, 0.1) is 11.9 Å². The number of sulfonamides is 1. The van der Waals surface area contributed by atoms with E-state index in [2.05, 4.69) is 28.3 Å². The zero-order valence-corrected chi connectivity index (χ0v) is 15.3. The third kappa shape index (κ3) is 3.95. The van der Waals surface area contributed by atoms with Crippen molar-refractivity contribution in [3.05, 3.63) is 29.2 Å². The number of anilines is 1. The van der Waals surface area contributed by atoms with Gasteiger partial charge < -0.3 is 5.32 Å². The van der Waals surface area contributed by atoms with Gasteiger partial charge in [-0.05, 0) is 39.0 Å². The number of nitrogens with zero attached hydrogens (tertiary/aromatic N) is 3. The minimum absolute atomic E-state index is 0.249. The summed E-state index contributed by atoms with van der Waals surface area (Å²) in [4.78, 5) is 8.83. The lowest BCUT2D eigenvalue weighted by Gasteiger charge is -2.23. The van der Waals surface area contributed by atoms with Gasteiger partial charge in [0.2, 0.25) is 10.0 Å². The van der Waals surface area contributed by atoms with Crippen LogP contribution in [-0.4, -0.2) is 48.1 Å². The Labute approximate surface area is 144 Å². The molecular weight excluding hydrogens is 324 g/mol. The van der Waals surface area contributed by atoms with Crippen molar-refractivity contribution in [3.63, 3.8) is 0 Å². The van der Waals surface area contributed by atoms with Crippen molar-refractivity contribution in [2.45, 2.75) is 51.5 Å². The van der Waals surface area contributed by atoms with Gasteiger partial charge in [0.15, 0.2) is 0 Å². The minimum atomic E-state index is -3.16. The first-order valence-electron chi connectivity index (χ1n) is 8.68. The van der Waals surface area contributed by atoms with Crippen molar-refractivity contribution >= 4 is 15.8 Å². The van der Waals surface area contributed by atoms with Crippen LogP contribution < -0.4 is 5.32 Å². The maximum Gasteiger partial charge on any atom is 0.211 e. The van der Waals surface area contributed by atoms with Gasteiger partial charge in [-0.2, -0.15) is 0 Å². The molecule has 1 aliphatic heterocycles. The van der Waals surface area contributed by atoms with Crippen LogP contribution in [0.2, 0.25) is 0 Å². The van der Waals surface area contributed by atoms with Crippen LogP contribution in [0.1, 0.15) is 43.9 Å². The lowest BCUT2D eigenvalue weighted by atomic mass is 9.94. The minimum Gasteiger partial charge on any atom is -0.364 e. The third-order valence-corrected chi connectivity index (χ3v) is 6.25. The highest BCUT2D eigenvalue weighted by molar-refractivity contribution is 7.88. The Kier molecular flexibility index (Phi) is 5.20. The monoisotopic (exact) mass is 350 g/mol. The second-order valence-electron chi connectivity index (χ2n) is 6.70. The first-order chi connectivity index (χ1) is 11.4. The second-order valence-corrected chi connectivity index (χ2v) is 8.68. The molecule has 2 aliphatic rings. The number of aromatic nitrogens is 2. The van der Waals surface area contributed by atoms with Crippen LogP contribution in [0.15, 0.2) is 18.0 Å². The molecule has 6 nitrogen and oxygen atoms in total. The summed E-state index contributed by atoms with van der Waals surface area (Å²) in [5.41, 5.74) is 3.47. The molecule has 0 aromatic carbocycles. The van der Waals surface area contributed by atoms with Crippen LogP contribution in [0, 0.1) is 0 Å². The van der Waals surface area contributed by atoms with Gasteiger partial charge in [0.25, 0.3) is 0 Å². The van der Waals surface area contributed by atoms with E-state index in [9.17, 15) is 8.42 Å². The second kappa shape index (κ2) is 7.19. The van der Waals surface area contributed by atoms with Crippen molar-refractivity contribution < 1.29 is 8.42 Å². The zero-order valence-electron chi connectivity index (χ0n) is 14.5. The predicted octanol–water partition coefficient (Wildman–Crippen LogP) is 2.14. The van der Waals surface area contributed by atoms with Gasteiger partial charge >= 0.3 is 0 Å². The quantitative estimate of drug-likeness (QED) is 0.842. The Hall–Kier alpha value is -1.47. The summed E-state index contributed by atoms with van der Waals surface area (Å²) >= 11 is 0. The van der Waals surface area contributed by atoms with E-state index >= 15 is 0 Å². The summed E-state index contributed by atoms with van der Waals surface area (Å²) in [5, 5.41) is 3.53. The average molecular weight is 350 g/mol. The molecule has 1 aromatic rings. The van der Waals surface area contributed by atoms with Crippen molar-refractivity contribution in [2.75, 3.05) is 24.7 Å². The van der Waals surface area contributed by atoms with Crippen LogP contribution in [0.3, 0.4) is 0 Å². The van der Waals surface area contributed by atoms with Crippen LogP contribution in [0.25, 0.3) is 0 Å². The maximum atomic E-state index is 11.8. The van der Waals surface area contributed by atoms with Crippen molar-refractivity contribution in [2.24, 2.45) is 0 Å². The van der Waals surface area contributed by atoms with Gasteiger partial charge in [0, 0.05) is 31.1 Å². The molecule has 1 aliphatic carbocycles. The predicted molar refractivity (Wildman–Crippen MR) is 95.5 cm³/mol. The fraction of sp³-hybridized carbons (Fsp3) is 0.647. The molecule has 0 unspecified atom stereocenters. The van der Waals surface area contributed by atoms with E-state index in [0.29, 0.717) is 25.9 Å². The first-order valence-corrected chi connectivity index (χ1v) is 10.5. The standard InChI is InChI=1S/C17H26N4O2S/c1-13(14-6-4-3-5-7-14)20-17-15-8-10-21(24(2,22)23)11-9-16(15)18-12-19-17/h6,12-13H,3-5,7-11H2,1-2H3,(H,18,19,20)/t13-/m0/s1. The average Bonchev–Trinajstić information content (AvgIpc) is 2.79. The van der Waals surface area contributed by atoms with Gasteiger partial charge in [-0.1, -0.05) is 11.6 Å². The number of fused-ring (bicyclic) bond motifs is 1. The molecule has 0 radical (unpaired) electrons. The summed E-state index contributed by atoms with van der Waals surface area (Å²) < 4.78 is 25.2. The molecule has 0 fully saturated rings. The van der Waals surface area contributed by atoms with E-state index in [1.54, 1.807) is 6.33 Å². The number of hydrogen-bond donors (Lipinski definition) is 1. The molecule has 0 saturated carbocycles. The topological polar surface area (TPSA) is 75.2 Å². The summed E-state index contributed by atoms with van der Waals surface area (Å²) in [6, 6.07) is 0.249. The van der Waals surface area contributed by atoms with Crippen molar-refractivity contribution in [1.82, 2.24) is 14.3 Å². The molecule has 0 amide bonds. The van der Waals surface area contributed by atoms with Gasteiger partial charge in [0.1, 0.15) is 12.1 Å². The Morgan fingerprint density at radius 2 is 1.96 bits per heavy atom.